The fraction of sp³-hybridized carbons (Fsp3) is 0.333. The Labute approximate surface area is 214 Å². The van der Waals surface area contributed by atoms with Gasteiger partial charge in [0.05, 0.1) is 13.2 Å². The Kier molecular flexibility index (Phi) is 8.79. The highest BCUT2D eigenvalue weighted by atomic mass is 19.3. The Morgan fingerprint density at radius 2 is 1.58 bits per heavy atom. The molecule has 0 amide bonds. The average Bonchev–Trinajstić information content (AvgIpc) is 2.86. The van der Waals surface area contributed by atoms with Crippen molar-refractivity contribution < 1.29 is 49.3 Å². The molecule has 2 atom stereocenters. The molecule has 1 aliphatic rings. The number of rotatable bonds is 9. The first-order valence-electron chi connectivity index (χ1n) is 11.6. The number of ether oxygens (including phenoxy) is 3. The first kappa shape index (κ1) is 29.1. The van der Waals surface area contributed by atoms with E-state index in [4.69, 9.17) is 9.47 Å². The molecule has 0 heterocycles. The minimum absolute atomic E-state index is 0.0218. The third-order valence-electron chi connectivity index (χ3n) is 5.64. The Hall–Kier alpha value is -3.50. The molecule has 1 aliphatic carbocycles. The van der Waals surface area contributed by atoms with E-state index in [1.165, 1.54) is 13.0 Å². The highest BCUT2D eigenvalue weighted by Gasteiger charge is 2.44. The molecule has 0 aliphatic heterocycles. The van der Waals surface area contributed by atoms with Gasteiger partial charge in [0.25, 0.3) is 0 Å². The largest absolute Gasteiger partial charge is 0.491 e. The summed E-state index contributed by atoms with van der Waals surface area (Å²) < 4.78 is 133. The van der Waals surface area contributed by atoms with Crippen LogP contribution in [0.2, 0.25) is 0 Å². The van der Waals surface area contributed by atoms with Crippen LogP contribution < -0.4 is 9.47 Å². The van der Waals surface area contributed by atoms with Crippen LogP contribution in [0, 0.1) is 17.5 Å². The number of halogens is 8. The Balaban J connectivity index is 2.05. The highest BCUT2D eigenvalue weighted by Crippen LogP contribution is 2.49. The maximum Gasteiger partial charge on any atom is 0.429 e. The zero-order valence-electron chi connectivity index (χ0n) is 20.6. The van der Waals surface area contributed by atoms with Gasteiger partial charge in [0.2, 0.25) is 5.82 Å². The van der Waals surface area contributed by atoms with Gasteiger partial charge in [-0.1, -0.05) is 19.6 Å². The molecular weight excluding hydrogens is 524 g/mol. The molecule has 2 unspecified atom stereocenters. The summed E-state index contributed by atoms with van der Waals surface area (Å²) in [6, 6.07) is 2.74. The van der Waals surface area contributed by atoms with Crippen molar-refractivity contribution in [3.8, 4) is 11.5 Å². The van der Waals surface area contributed by atoms with E-state index in [2.05, 4.69) is 11.3 Å². The minimum atomic E-state index is -4.63. The second kappa shape index (κ2) is 11.5. The molecule has 2 aromatic carbocycles. The van der Waals surface area contributed by atoms with Gasteiger partial charge in [-0.2, -0.15) is 13.2 Å². The number of hydrogen-bond acceptors (Lipinski definition) is 3. The van der Waals surface area contributed by atoms with Crippen molar-refractivity contribution in [3.63, 3.8) is 0 Å². The van der Waals surface area contributed by atoms with Crippen molar-refractivity contribution in [1.82, 2.24) is 0 Å². The molecule has 38 heavy (non-hydrogen) atoms. The SMILES string of the molecule is C=C1/C(=C(F)\C(=C/CC)OCC)C(F)C(F)c2c1ccc(OC(F)(F)c1ccc(OCC)c(F)c1F)c2F. The van der Waals surface area contributed by atoms with Gasteiger partial charge in [0, 0.05) is 11.1 Å². The van der Waals surface area contributed by atoms with Gasteiger partial charge in [0.15, 0.2) is 47.1 Å². The second-order valence-corrected chi connectivity index (χ2v) is 8.05. The third kappa shape index (κ3) is 5.23. The summed E-state index contributed by atoms with van der Waals surface area (Å²) in [7, 11) is 0. The Morgan fingerprint density at radius 1 is 0.921 bits per heavy atom. The normalized spacial score (nSPS) is 19.2. The lowest BCUT2D eigenvalue weighted by Crippen LogP contribution is -2.27. The molecule has 0 N–H and O–H groups in total. The molecule has 0 bridgehead atoms. The van der Waals surface area contributed by atoms with Gasteiger partial charge >= 0.3 is 6.11 Å². The fourth-order valence-corrected chi connectivity index (χ4v) is 3.94. The number of alkyl halides is 4. The van der Waals surface area contributed by atoms with Crippen LogP contribution in [-0.2, 0) is 10.8 Å². The van der Waals surface area contributed by atoms with Gasteiger partial charge < -0.3 is 14.2 Å². The molecule has 0 fully saturated rings. The van der Waals surface area contributed by atoms with E-state index < -0.39 is 81.1 Å². The van der Waals surface area contributed by atoms with Crippen LogP contribution in [0.4, 0.5) is 35.1 Å². The predicted octanol–water partition coefficient (Wildman–Crippen LogP) is 8.56. The van der Waals surface area contributed by atoms with Gasteiger partial charge in [-0.3, -0.25) is 0 Å². The number of hydrogen-bond donors (Lipinski definition) is 0. The van der Waals surface area contributed by atoms with Crippen LogP contribution >= 0.6 is 0 Å². The van der Waals surface area contributed by atoms with E-state index in [9.17, 15) is 17.6 Å². The van der Waals surface area contributed by atoms with Gasteiger partial charge in [-0.05, 0) is 55.7 Å². The van der Waals surface area contributed by atoms with Gasteiger partial charge in [-0.25, -0.2) is 22.0 Å². The lowest BCUT2D eigenvalue weighted by atomic mass is 9.81. The van der Waals surface area contributed by atoms with Crippen molar-refractivity contribution in [2.24, 2.45) is 0 Å². The molecule has 0 aromatic heterocycles. The molecular formula is C27H24F8O3. The number of fused-ring (bicyclic) bond motifs is 1. The van der Waals surface area contributed by atoms with Gasteiger partial charge in [-0.15, -0.1) is 0 Å². The zero-order valence-corrected chi connectivity index (χ0v) is 20.6. The third-order valence-corrected chi connectivity index (χ3v) is 5.64. The fourth-order valence-electron chi connectivity index (χ4n) is 3.94. The Morgan fingerprint density at radius 3 is 2.18 bits per heavy atom. The molecule has 3 rings (SSSR count). The van der Waals surface area contributed by atoms with Crippen LogP contribution in [0.3, 0.4) is 0 Å². The minimum Gasteiger partial charge on any atom is -0.491 e. The molecule has 2 aromatic rings. The zero-order chi connectivity index (χ0) is 28.4. The average molecular weight is 548 g/mol. The molecule has 3 nitrogen and oxygen atoms in total. The van der Waals surface area contributed by atoms with Crippen molar-refractivity contribution in [3.05, 3.63) is 88.2 Å². The van der Waals surface area contributed by atoms with Crippen molar-refractivity contribution in [2.45, 2.75) is 45.6 Å². The van der Waals surface area contributed by atoms with Crippen molar-refractivity contribution >= 4 is 5.57 Å². The van der Waals surface area contributed by atoms with Crippen LogP contribution in [0.5, 0.6) is 11.5 Å². The topological polar surface area (TPSA) is 27.7 Å². The van der Waals surface area contributed by atoms with E-state index in [0.717, 1.165) is 12.1 Å². The summed E-state index contributed by atoms with van der Waals surface area (Å²) in [6.07, 6.45) is -8.63. The van der Waals surface area contributed by atoms with E-state index in [0.29, 0.717) is 18.6 Å². The van der Waals surface area contributed by atoms with E-state index in [-0.39, 0.29) is 19.0 Å². The van der Waals surface area contributed by atoms with Crippen LogP contribution in [0.15, 0.2) is 54.1 Å². The monoisotopic (exact) mass is 548 g/mol. The van der Waals surface area contributed by atoms with Gasteiger partial charge in [0.1, 0.15) is 5.56 Å². The van der Waals surface area contributed by atoms with E-state index in [1.54, 1.807) is 13.8 Å². The molecule has 0 spiro atoms. The number of allylic oxidation sites excluding steroid dienone is 4. The first-order valence-corrected chi connectivity index (χ1v) is 11.6. The van der Waals surface area contributed by atoms with Crippen LogP contribution in [0.25, 0.3) is 5.57 Å². The molecule has 11 heteroatoms. The highest BCUT2D eigenvalue weighted by molar-refractivity contribution is 5.84. The molecule has 0 saturated carbocycles. The van der Waals surface area contributed by atoms with E-state index in [1.807, 2.05) is 0 Å². The van der Waals surface area contributed by atoms with Crippen LogP contribution in [0.1, 0.15) is 50.1 Å². The summed E-state index contributed by atoms with van der Waals surface area (Å²) in [5, 5.41) is 0. The lowest BCUT2D eigenvalue weighted by molar-refractivity contribution is -0.189. The number of benzene rings is 2. The van der Waals surface area contributed by atoms with E-state index >= 15 is 17.6 Å². The summed E-state index contributed by atoms with van der Waals surface area (Å²) in [4.78, 5) is 0. The van der Waals surface area contributed by atoms with Crippen LogP contribution in [-0.4, -0.2) is 19.4 Å². The lowest BCUT2D eigenvalue weighted by Gasteiger charge is -2.30. The Bertz CT molecular complexity index is 1290. The molecule has 206 valence electrons. The summed E-state index contributed by atoms with van der Waals surface area (Å²) in [5.41, 5.74) is -4.27. The van der Waals surface area contributed by atoms with Crippen molar-refractivity contribution in [2.75, 3.05) is 13.2 Å². The molecule has 0 saturated heterocycles. The smallest absolute Gasteiger partial charge is 0.429 e. The predicted molar refractivity (Wildman–Crippen MR) is 124 cm³/mol. The standard InChI is InChI=1S/C27H24F8O3/c1-5-8-16(36-6-2)22(29)19-13(4)14-9-11-18(23(30)20(14)26(33)25(19)32)38-27(34,35)15-10-12-17(37-7-3)24(31)21(15)28/h8-12,25-26H,4-7H2,1-3H3/b16-8+,22-19-. The summed E-state index contributed by atoms with van der Waals surface area (Å²) >= 11 is 0. The maximum atomic E-state index is 15.2. The van der Waals surface area contributed by atoms with Crippen molar-refractivity contribution in [1.29, 1.82) is 0 Å². The maximum absolute atomic E-state index is 15.2. The summed E-state index contributed by atoms with van der Waals surface area (Å²) in [5.74, 6) is -8.96. The molecule has 0 radical (unpaired) electrons. The second-order valence-electron chi connectivity index (χ2n) is 8.05. The quantitative estimate of drug-likeness (QED) is 0.232. The first-order chi connectivity index (χ1) is 17.9. The summed E-state index contributed by atoms with van der Waals surface area (Å²) in [6.45, 7) is 8.16.